The second-order valence-electron chi connectivity index (χ2n) is 9.07. The van der Waals surface area contributed by atoms with E-state index in [9.17, 15) is 18.3 Å². The number of anilines is 1. The molecule has 0 spiro atoms. The predicted octanol–water partition coefficient (Wildman–Crippen LogP) is 6.34. The molecule has 210 valence electrons. The number of phenolic OH excluding ortho intramolecular Hbond substituents is 1. The number of hydrogen-bond acceptors (Lipinski definition) is 6. The highest BCUT2D eigenvalue weighted by molar-refractivity contribution is 7.90. The average molecular weight is 573 g/mol. The highest BCUT2D eigenvalue weighted by Gasteiger charge is 2.14. The zero-order valence-corrected chi connectivity index (χ0v) is 22.8. The summed E-state index contributed by atoms with van der Waals surface area (Å²) in [5.41, 5.74) is 13.3. The van der Waals surface area contributed by atoms with E-state index in [1.165, 1.54) is 24.3 Å². The number of nitrogens with one attached hydrogen (secondary N) is 1. The van der Waals surface area contributed by atoms with Gasteiger partial charge in [0.05, 0.1) is 18.1 Å². The number of hydrogen-bond donors (Lipinski definition) is 2. The molecule has 4 rings (SSSR count). The molecule has 0 radical (unpaired) electrons. The zero-order valence-electron chi connectivity index (χ0n) is 22.0. The molecule has 0 saturated carbocycles. The third-order valence-corrected chi connectivity index (χ3v) is 7.23. The average Bonchev–Trinajstić information content (AvgIpc) is 2.96. The number of sulfonamides is 1. The van der Waals surface area contributed by atoms with Gasteiger partial charge in [0.15, 0.2) is 0 Å². The second kappa shape index (κ2) is 14.0. The first-order chi connectivity index (χ1) is 19.8. The standard InChI is InChI=1S/C30H28N4O6S/c31-33-34-41(37,38)28-13-11-27(12-14-28)32-30(36)40-16-15-39-21-24-19-25(17-22-7-3-1-4-8-22)29(35)26(20-24)18-23-9-5-2-6-10-23/h1-14,19-20,35H,15-18,21H2,(H,32,36). The van der Waals surface area contributed by atoms with Crippen LogP contribution in [0.4, 0.5) is 10.5 Å². The first-order valence-corrected chi connectivity index (χ1v) is 14.1. The van der Waals surface area contributed by atoms with Crippen molar-refractivity contribution < 1.29 is 27.8 Å². The first kappa shape index (κ1) is 29.2. The number of carbonyl (C=O) groups is 1. The highest BCUT2D eigenvalue weighted by atomic mass is 32.2. The van der Waals surface area contributed by atoms with Crippen LogP contribution in [0.15, 0.2) is 106 Å². The fourth-order valence-electron chi connectivity index (χ4n) is 4.16. The first-order valence-electron chi connectivity index (χ1n) is 12.7. The molecule has 2 N–H and O–H groups in total. The number of azide groups is 1. The van der Waals surface area contributed by atoms with E-state index in [4.69, 9.17) is 15.0 Å². The Morgan fingerprint density at radius 3 is 1.93 bits per heavy atom. The van der Waals surface area contributed by atoms with E-state index < -0.39 is 16.1 Å². The SMILES string of the molecule is [N-]=[N+]=NS(=O)(=O)c1ccc(NC(=O)OCCOCc2cc(Cc3ccccc3)c(O)c(Cc3ccccc3)c2)cc1. The molecule has 11 heteroatoms. The minimum absolute atomic E-state index is 0.0129. The lowest BCUT2D eigenvalue weighted by Gasteiger charge is -2.14. The van der Waals surface area contributed by atoms with Crippen LogP contribution in [0.1, 0.15) is 27.8 Å². The van der Waals surface area contributed by atoms with Crippen molar-refractivity contribution in [2.24, 2.45) is 4.52 Å². The summed E-state index contributed by atoms with van der Waals surface area (Å²) in [6.45, 7) is 0.386. The lowest BCUT2D eigenvalue weighted by atomic mass is 9.95. The van der Waals surface area contributed by atoms with E-state index in [2.05, 4.69) is 14.7 Å². The van der Waals surface area contributed by atoms with Gasteiger partial charge < -0.3 is 14.6 Å². The molecule has 0 unspecified atom stereocenters. The number of ether oxygens (including phenoxy) is 2. The van der Waals surface area contributed by atoms with E-state index in [0.717, 1.165) is 27.8 Å². The highest BCUT2D eigenvalue weighted by Crippen LogP contribution is 2.29. The Labute approximate surface area is 237 Å². The Balaban J connectivity index is 1.32. The molecule has 4 aromatic rings. The van der Waals surface area contributed by atoms with Crippen LogP contribution in [0.25, 0.3) is 10.4 Å². The Morgan fingerprint density at radius 1 is 0.829 bits per heavy atom. The van der Waals surface area contributed by atoms with Crippen molar-refractivity contribution in [3.63, 3.8) is 0 Å². The smallest absolute Gasteiger partial charge is 0.411 e. The maximum atomic E-state index is 12.1. The van der Waals surface area contributed by atoms with Gasteiger partial charge in [-0.15, -0.1) is 0 Å². The van der Waals surface area contributed by atoms with Gasteiger partial charge in [-0.05, 0) is 69.7 Å². The Hall–Kier alpha value is -4.83. The van der Waals surface area contributed by atoms with E-state index in [-0.39, 0.29) is 30.5 Å². The van der Waals surface area contributed by atoms with Gasteiger partial charge in [-0.25, -0.2) is 13.2 Å². The number of rotatable bonds is 12. The van der Waals surface area contributed by atoms with Crippen molar-refractivity contribution in [1.29, 1.82) is 0 Å². The van der Waals surface area contributed by atoms with Crippen LogP contribution in [-0.4, -0.2) is 32.8 Å². The molecule has 0 heterocycles. The van der Waals surface area contributed by atoms with Crippen LogP contribution in [0, 0.1) is 0 Å². The molecule has 0 aliphatic carbocycles. The maximum absolute atomic E-state index is 12.1. The number of aromatic hydroxyl groups is 1. The molecule has 0 atom stereocenters. The fourth-order valence-corrected chi connectivity index (χ4v) is 4.83. The van der Waals surface area contributed by atoms with Gasteiger partial charge >= 0.3 is 6.09 Å². The van der Waals surface area contributed by atoms with Crippen molar-refractivity contribution in [3.8, 4) is 5.75 Å². The molecule has 4 aromatic carbocycles. The van der Waals surface area contributed by atoms with Crippen molar-refractivity contribution in [1.82, 2.24) is 0 Å². The second-order valence-corrected chi connectivity index (χ2v) is 10.7. The summed E-state index contributed by atoms with van der Waals surface area (Å²) in [5.74, 6) is 0.268. The molecular formula is C30H28N4O6S. The minimum atomic E-state index is -4.11. The molecule has 41 heavy (non-hydrogen) atoms. The number of carbonyl (C=O) groups excluding carboxylic acids is 1. The van der Waals surface area contributed by atoms with Crippen molar-refractivity contribution in [2.45, 2.75) is 24.3 Å². The van der Waals surface area contributed by atoms with E-state index >= 15 is 0 Å². The van der Waals surface area contributed by atoms with Crippen LogP contribution in [0.3, 0.4) is 0 Å². The quantitative estimate of drug-likeness (QED) is 0.0875. The van der Waals surface area contributed by atoms with Crippen LogP contribution in [0.2, 0.25) is 0 Å². The monoisotopic (exact) mass is 572 g/mol. The summed E-state index contributed by atoms with van der Waals surface area (Å²) in [4.78, 5) is 14.2. The van der Waals surface area contributed by atoms with E-state index in [1.54, 1.807) is 0 Å². The molecule has 0 aliphatic rings. The molecule has 0 bridgehead atoms. The topological polar surface area (TPSA) is 151 Å². The van der Waals surface area contributed by atoms with Gasteiger partial charge in [-0.2, -0.15) is 0 Å². The molecule has 0 aromatic heterocycles. The normalized spacial score (nSPS) is 10.9. The van der Waals surface area contributed by atoms with Crippen molar-refractivity contribution in [2.75, 3.05) is 18.5 Å². The Kier molecular flexibility index (Phi) is 9.95. The molecule has 0 aliphatic heterocycles. The third-order valence-electron chi connectivity index (χ3n) is 6.07. The van der Waals surface area contributed by atoms with Crippen LogP contribution >= 0.6 is 0 Å². The fraction of sp³-hybridized carbons (Fsp3) is 0.167. The number of benzene rings is 4. The van der Waals surface area contributed by atoms with E-state index in [0.29, 0.717) is 18.5 Å². The zero-order chi connectivity index (χ0) is 29.1. The largest absolute Gasteiger partial charge is 0.507 e. The third kappa shape index (κ3) is 8.58. The van der Waals surface area contributed by atoms with E-state index in [1.807, 2.05) is 72.8 Å². The minimum Gasteiger partial charge on any atom is -0.507 e. The summed E-state index contributed by atoms with van der Waals surface area (Å²) < 4.78 is 37.1. The molecule has 0 saturated heterocycles. The molecule has 10 nitrogen and oxygen atoms in total. The van der Waals surface area contributed by atoms with Crippen molar-refractivity contribution >= 4 is 21.8 Å². The van der Waals surface area contributed by atoms with Gasteiger partial charge in [-0.1, -0.05) is 60.7 Å². The Bertz CT molecular complexity index is 1560. The number of nitrogens with zero attached hydrogens (tertiary/aromatic N) is 3. The molecular weight excluding hydrogens is 544 g/mol. The molecule has 1 amide bonds. The van der Waals surface area contributed by atoms with Gasteiger partial charge in [-0.3, -0.25) is 5.32 Å². The summed E-state index contributed by atoms with van der Waals surface area (Å²) in [6, 6.07) is 28.8. The van der Waals surface area contributed by atoms with Gasteiger partial charge in [0.1, 0.15) is 12.4 Å². The maximum Gasteiger partial charge on any atom is 0.411 e. The molecule has 0 fully saturated rings. The van der Waals surface area contributed by atoms with Gasteiger partial charge in [0, 0.05) is 28.0 Å². The van der Waals surface area contributed by atoms with Gasteiger partial charge in [0.25, 0.3) is 10.0 Å². The summed E-state index contributed by atoms with van der Waals surface area (Å²) in [7, 11) is -4.11. The summed E-state index contributed by atoms with van der Waals surface area (Å²) in [5, 5.41) is 13.5. The van der Waals surface area contributed by atoms with Gasteiger partial charge in [0.2, 0.25) is 0 Å². The lowest BCUT2D eigenvalue weighted by molar-refractivity contribution is 0.0696. The summed E-state index contributed by atoms with van der Waals surface area (Å²) in [6.07, 6.45) is 0.410. The predicted molar refractivity (Wildman–Crippen MR) is 154 cm³/mol. The van der Waals surface area contributed by atoms with Crippen molar-refractivity contribution in [3.05, 3.63) is 135 Å². The summed E-state index contributed by atoms with van der Waals surface area (Å²) >= 11 is 0. The van der Waals surface area contributed by atoms with Crippen LogP contribution in [0.5, 0.6) is 5.75 Å². The van der Waals surface area contributed by atoms with Crippen LogP contribution in [-0.2, 0) is 38.9 Å². The number of phenols is 1. The Morgan fingerprint density at radius 2 is 1.39 bits per heavy atom. The number of amides is 1. The lowest BCUT2D eigenvalue weighted by Crippen LogP contribution is -2.16. The van der Waals surface area contributed by atoms with Crippen LogP contribution < -0.4 is 5.32 Å².